The second-order valence-corrected chi connectivity index (χ2v) is 8.32. The first-order chi connectivity index (χ1) is 12.7. The summed E-state index contributed by atoms with van der Waals surface area (Å²) in [5.41, 5.74) is 1.15. The molecule has 136 valence electrons. The van der Waals surface area contributed by atoms with Crippen LogP contribution in [0.1, 0.15) is 34.9 Å². The molecule has 2 N–H and O–H groups in total. The van der Waals surface area contributed by atoms with Crippen molar-refractivity contribution in [2.45, 2.75) is 38.0 Å². The van der Waals surface area contributed by atoms with Crippen LogP contribution >= 0.6 is 23.1 Å². The van der Waals surface area contributed by atoms with Crippen LogP contribution in [0.2, 0.25) is 0 Å². The minimum atomic E-state index is -0.0681. The molecule has 0 saturated carbocycles. The van der Waals surface area contributed by atoms with E-state index in [0.717, 1.165) is 35.2 Å². The van der Waals surface area contributed by atoms with Crippen molar-refractivity contribution in [3.63, 3.8) is 0 Å². The second-order valence-electron chi connectivity index (χ2n) is 6.25. The molecular formula is C18H19N3O3S2. The van der Waals surface area contributed by atoms with E-state index in [1.165, 1.54) is 28.6 Å². The molecule has 0 atom stereocenters. The molecule has 0 saturated heterocycles. The molecule has 26 heavy (non-hydrogen) atoms. The molecule has 6 nitrogen and oxygen atoms in total. The van der Waals surface area contributed by atoms with Crippen LogP contribution in [-0.2, 0) is 29.9 Å². The molecule has 0 aromatic carbocycles. The monoisotopic (exact) mass is 389 g/mol. The first-order valence-corrected chi connectivity index (χ1v) is 10.6. The Labute approximate surface area is 158 Å². The van der Waals surface area contributed by atoms with E-state index in [0.29, 0.717) is 23.9 Å². The van der Waals surface area contributed by atoms with Crippen LogP contribution in [0.4, 0.5) is 0 Å². The van der Waals surface area contributed by atoms with Gasteiger partial charge in [0, 0.05) is 4.88 Å². The number of thioether (sulfide) groups is 1. The molecule has 0 fully saturated rings. The van der Waals surface area contributed by atoms with Crippen LogP contribution < -0.4 is 10.9 Å². The standard InChI is InChI=1S/C18H19N3O3S2/c22-15(19-8-11-4-3-7-24-11)10-25-9-14-20-17(23)16-12-5-1-2-6-13(12)26-18(16)21-14/h3-4,7H,1-2,5-6,8-10H2,(H,19,22)(H,20,21,23). The number of aromatic amines is 1. The predicted octanol–water partition coefficient (Wildman–Crippen LogP) is 3.01. The molecule has 1 aliphatic rings. The zero-order chi connectivity index (χ0) is 17.9. The minimum absolute atomic E-state index is 0.0488. The number of hydrogen-bond acceptors (Lipinski definition) is 6. The summed E-state index contributed by atoms with van der Waals surface area (Å²) < 4.78 is 5.18. The molecule has 3 aromatic heterocycles. The van der Waals surface area contributed by atoms with E-state index < -0.39 is 0 Å². The quantitative estimate of drug-likeness (QED) is 0.677. The highest BCUT2D eigenvalue weighted by molar-refractivity contribution is 7.99. The molecule has 1 amide bonds. The highest BCUT2D eigenvalue weighted by atomic mass is 32.2. The number of nitrogens with one attached hydrogen (secondary N) is 2. The molecule has 1 aliphatic carbocycles. The van der Waals surface area contributed by atoms with E-state index in [9.17, 15) is 9.59 Å². The number of aryl methyl sites for hydroxylation is 2. The third-order valence-corrected chi connectivity index (χ3v) is 6.52. The highest BCUT2D eigenvalue weighted by Gasteiger charge is 2.19. The number of hydrogen-bond donors (Lipinski definition) is 2. The van der Waals surface area contributed by atoms with Crippen molar-refractivity contribution in [1.82, 2.24) is 15.3 Å². The van der Waals surface area contributed by atoms with E-state index in [1.54, 1.807) is 23.7 Å². The van der Waals surface area contributed by atoms with Gasteiger partial charge in [-0.1, -0.05) is 0 Å². The van der Waals surface area contributed by atoms with Gasteiger partial charge in [-0.3, -0.25) is 9.59 Å². The van der Waals surface area contributed by atoms with Crippen molar-refractivity contribution in [1.29, 1.82) is 0 Å². The lowest BCUT2D eigenvalue weighted by Crippen LogP contribution is -2.24. The van der Waals surface area contributed by atoms with Gasteiger partial charge in [0.25, 0.3) is 5.56 Å². The van der Waals surface area contributed by atoms with E-state index in [1.807, 2.05) is 6.07 Å². The van der Waals surface area contributed by atoms with Gasteiger partial charge < -0.3 is 14.7 Å². The Morgan fingerprint density at radius 2 is 2.27 bits per heavy atom. The first kappa shape index (κ1) is 17.4. The van der Waals surface area contributed by atoms with Crippen LogP contribution in [0.15, 0.2) is 27.6 Å². The summed E-state index contributed by atoms with van der Waals surface area (Å²) in [6.45, 7) is 0.383. The third-order valence-electron chi connectivity index (χ3n) is 4.39. The van der Waals surface area contributed by atoms with Gasteiger partial charge in [-0.25, -0.2) is 4.98 Å². The van der Waals surface area contributed by atoms with Crippen LogP contribution in [-0.4, -0.2) is 21.6 Å². The Balaban J connectivity index is 1.37. The number of furan rings is 1. The average molecular weight is 390 g/mol. The van der Waals surface area contributed by atoms with Gasteiger partial charge in [-0.05, 0) is 43.4 Å². The number of aromatic nitrogens is 2. The van der Waals surface area contributed by atoms with Crippen molar-refractivity contribution < 1.29 is 9.21 Å². The highest BCUT2D eigenvalue weighted by Crippen LogP contribution is 2.33. The molecule has 3 heterocycles. The molecule has 0 bridgehead atoms. The molecule has 0 unspecified atom stereocenters. The Kier molecular flexibility index (Phi) is 5.12. The lowest BCUT2D eigenvalue weighted by Gasteiger charge is -2.09. The largest absolute Gasteiger partial charge is 0.467 e. The number of thiophene rings is 1. The molecule has 3 aromatic rings. The minimum Gasteiger partial charge on any atom is -0.467 e. The maximum atomic E-state index is 12.5. The van der Waals surface area contributed by atoms with E-state index in [2.05, 4.69) is 15.3 Å². The van der Waals surface area contributed by atoms with Crippen molar-refractivity contribution in [2.75, 3.05) is 5.75 Å². The number of rotatable bonds is 6. The zero-order valence-electron chi connectivity index (χ0n) is 14.2. The van der Waals surface area contributed by atoms with Gasteiger partial charge in [0.2, 0.25) is 5.91 Å². The Bertz CT molecular complexity index is 976. The Morgan fingerprint density at radius 3 is 3.12 bits per heavy atom. The summed E-state index contributed by atoms with van der Waals surface area (Å²) in [5.74, 6) is 2.10. The number of carbonyl (C=O) groups is 1. The van der Waals surface area contributed by atoms with Crippen LogP contribution in [0.3, 0.4) is 0 Å². The maximum Gasteiger partial charge on any atom is 0.259 e. The number of amides is 1. The lowest BCUT2D eigenvalue weighted by molar-refractivity contribution is -0.118. The lowest BCUT2D eigenvalue weighted by atomic mass is 9.97. The van der Waals surface area contributed by atoms with E-state index in [-0.39, 0.29) is 11.5 Å². The number of nitrogens with zero attached hydrogens (tertiary/aromatic N) is 1. The van der Waals surface area contributed by atoms with Crippen LogP contribution in [0.5, 0.6) is 0 Å². The van der Waals surface area contributed by atoms with E-state index in [4.69, 9.17) is 4.42 Å². The van der Waals surface area contributed by atoms with Gasteiger partial charge in [0.1, 0.15) is 16.4 Å². The van der Waals surface area contributed by atoms with Gasteiger partial charge in [-0.15, -0.1) is 23.1 Å². The normalized spacial score (nSPS) is 13.7. The van der Waals surface area contributed by atoms with Crippen molar-refractivity contribution in [3.8, 4) is 0 Å². The fourth-order valence-electron chi connectivity index (χ4n) is 3.17. The molecule has 4 rings (SSSR count). The fraction of sp³-hybridized carbons (Fsp3) is 0.389. The van der Waals surface area contributed by atoms with Crippen molar-refractivity contribution >= 4 is 39.2 Å². The summed E-state index contributed by atoms with van der Waals surface area (Å²) in [6.07, 6.45) is 5.94. The van der Waals surface area contributed by atoms with Gasteiger partial charge >= 0.3 is 0 Å². The van der Waals surface area contributed by atoms with Gasteiger partial charge in [0.15, 0.2) is 0 Å². The second kappa shape index (κ2) is 7.67. The maximum absolute atomic E-state index is 12.5. The number of fused-ring (bicyclic) bond motifs is 3. The Morgan fingerprint density at radius 1 is 1.38 bits per heavy atom. The molecule has 0 aliphatic heterocycles. The van der Waals surface area contributed by atoms with Crippen molar-refractivity contribution in [2.24, 2.45) is 0 Å². The predicted molar refractivity (Wildman–Crippen MR) is 104 cm³/mol. The van der Waals surface area contributed by atoms with Gasteiger partial charge in [-0.2, -0.15) is 0 Å². The number of carbonyl (C=O) groups excluding carboxylic acids is 1. The smallest absolute Gasteiger partial charge is 0.259 e. The molecule has 8 heteroatoms. The summed E-state index contributed by atoms with van der Waals surface area (Å²) in [5, 5.41) is 3.57. The zero-order valence-corrected chi connectivity index (χ0v) is 15.8. The molecule has 0 spiro atoms. The van der Waals surface area contributed by atoms with Crippen LogP contribution in [0, 0.1) is 0 Å². The van der Waals surface area contributed by atoms with Gasteiger partial charge in [0.05, 0.1) is 29.7 Å². The van der Waals surface area contributed by atoms with Crippen molar-refractivity contribution in [3.05, 3.63) is 50.8 Å². The molecular weight excluding hydrogens is 370 g/mol. The van der Waals surface area contributed by atoms with E-state index >= 15 is 0 Å². The summed E-state index contributed by atoms with van der Waals surface area (Å²) >= 11 is 3.08. The summed E-state index contributed by atoms with van der Waals surface area (Å²) in [7, 11) is 0. The summed E-state index contributed by atoms with van der Waals surface area (Å²) in [6, 6.07) is 3.61. The SMILES string of the molecule is O=C(CSCc1nc2sc3c(c2c(=O)[nH]1)CCCC3)NCc1ccco1. The first-order valence-electron chi connectivity index (χ1n) is 8.61. The average Bonchev–Trinajstić information content (AvgIpc) is 3.27. The fourth-order valence-corrected chi connectivity index (χ4v) is 5.17. The third kappa shape index (κ3) is 3.71. The topological polar surface area (TPSA) is 88.0 Å². The summed E-state index contributed by atoms with van der Waals surface area (Å²) in [4.78, 5) is 34.0. The molecule has 0 radical (unpaired) electrons. The van der Waals surface area contributed by atoms with Crippen LogP contribution in [0.25, 0.3) is 10.2 Å². The Hall–Kier alpha value is -2.06. The number of H-pyrrole nitrogens is 1.